The summed E-state index contributed by atoms with van der Waals surface area (Å²) < 4.78 is 46.8. The Hall–Kier alpha value is -2.98. The van der Waals surface area contributed by atoms with Crippen LogP contribution in [0.2, 0.25) is 5.02 Å². The predicted octanol–water partition coefficient (Wildman–Crippen LogP) is 5.54. The number of alkyl halides is 3. The van der Waals surface area contributed by atoms with Crippen molar-refractivity contribution in [2.24, 2.45) is 0 Å². The van der Waals surface area contributed by atoms with Gasteiger partial charge in [-0.2, -0.15) is 13.2 Å². The third-order valence-electron chi connectivity index (χ3n) is 4.29. The lowest BCUT2D eigenvalue weighted by atomic mass is 10.1. The van der Waals surface area contributed by atoms with E-state index in [9.17, 15) is 18.0 Å². The average molecular weight is 483 g/mol. The average Bonchev–Trinajstić information content (AvgIpc) is 3.15. The van der Waals surface area contributed by atoms with Crippen LogP contribution < -0.4 is 10.1 Å². The first kappa shape index (κ1) is 23.7. The van der Waals surface area contributed by atoms with Crippen LogP contribution in [-0.2, 0) is 17.5 Å². The number of aromatic nitrogens is 3. The predicted molar refractivity (Wildman–Crippen MR) is 118 cm³/mol. The van der Waals surface area contributed by atoms with Gasteiger partial charge in [0, 0.05) is 6.54 Å². The van der Waals surface area contributed by atoms with Gasteiger partial charge in [0.1, 0.15) is 5.75 Å². The molecule has 6 nitrogen and oxygen atoms in total. The van der Waals surface area contributed by atoms with Gasteiger partial charge >= 0.3 is 6.18 Å². The Bertz CT molecular complexity index is 1130. The van der Waals surface area contributed by atoms with Crippen LogP contribution in [0.1, 0.15) is 5.56 Å². The van der Waals surface area contributed by atoms with Gasteiger partial charge in [0.25, 0.3) is 0 Å². The summed E-state index contributed by atoms with van der Waals surface area (Å²) in [5.41, 5.74) is -0.794. The fourth-order valence-corrected chi connectivity index (χ4v) is 3.88. The lowest BCUT2D eigenvalue weighted by molar-refractivity contribution is -0.137. The topological polar surface area (TPSA) is 69.0 Å². The summed E-state index contributed by atoms with van der Waals surface area (Å²) >= 11 is 6.92. The molecular formula is C21H18ClF3N4O2S. The second-order valence-corrected chi connectivity index (χ2v) is 7.75. The molecule has 0 fully saturated rings. The third-order valence-corrected chi connectivity index (χ3v) is 5.57. The van der Waals surface area contributed by atoms with Crippen LogP contribution in [0.15, 0.2) is 60.3 Å². The molecule has 0 bridgehead atoms. The maximum atomic E-state index is 13.2. The number of rotatable bonds is 8. The monoisotopic (exact) mass is 482 g/mol. The van der Waals surface area contributed by atoms with E-state index in [0.717, 1.165) is 17.8 Å². The summed E-state index contributed by atoms with van der Waals surface area (Å²) in [7, 11) is 1.54. The molecule has 0 aliphatic carbocycles. The maximum absolute atomic E-state index is 13.2. The summed E-state index contributed by atoms with van der Waals surface area (Å²) in [5, 5.41) is 10.8. The van der Waals surface area contributed by atoms with Gasteiger partial charge in [-0.15, -0.1) is 16.8 Å². The highest BCUT2D eigenvalue weighted by Gasteiger charge is 2.34. The molecule has 32 heavy (non-hydrogen) atoms. The summed E-state index contributed by atoms with van der Waals surface area (Å²) in [6.45, 7) is 4.08. The van der Waals surface area contributed by atoms with Crippen molar-refractivity contribution < 1.29 is 22.7 Å². The molecule has 0 unspecified atom stereocenters. The van der Waals surface area contributed by atoms with E-state index < -0.39 is 23.3 Å². The molecule has 3 rings (SSSR count). The Kier molecular flexibility index (Phi) is 7.47. The number of thioether (sulfide) groups is 1. The molecule has 0 saturated heterocycles. The van der Waals surface area contributed by atoms with Crippen LogP contribution >= 0.6 is 23.4 Å². The van der Waals surface area contributed by atoms with Gasteiger partial charge in [0.05, 0.1) is 34.7 Å². The number of anilines is 1. The summed E-state index contributed by atoms with van der Waals surface area (Å²) in [6, 6.07) is 10.6. The first-order valence-electron chi connectivity index (χ1n) is 9.22. The Morgan fingerprint density at radius 3 is 2.69 bits per heavy atom. The maximum Gasteiger partial charge on any atom is 0.418 e. The highest BCUT2D eigenvalue weighted by atomic mass is 35.5. The standard InChI is InChI=1S/C21H18ClF3N4O2S/c1-3-11-29-19(13-7-4-5-10-16(13)31-2)27-28-20(29)32-12-17(30)26-18-14(21(23,24)25)8-6-9-15(18)22/h3-10H,1,11-12H2,2H3,(H,26,30). The minimum absolute atomic E-state index is 0.202. The molecule has 0 aliphatic rings. The van der Waals surface area contributed by atoms with Crippen molar-refractivity contribution in [2.75, 3.05) is 18.2 Å². The highest BCUT2D eigenvalue weighted by Crippen LogP contribution is 2.38. The van der Waals surface area contributed by atoms with Crippen molar-refractivity contribution in [3.63, 3.8) is 0 Å². The molecule has 0 radical (unpaired) electrons. The number of halogens is 4. The second kappa shape index (κ2) is 10.1. The van der Waals surface area contributed by atoms with Crippen molar-refractivity contribution in [2.45, 2.75) is 17.9 Å². The van der Waals surface area contributed by atoms with Crippen LogP contribution in [0.5, 0.6) is 5.75 Å². The number of para-hydroxylation sites is 2. The van der Waals surface area contributed by atoms with Crippen molar-refractivity contribution >= 4 is 35.0 Å². The van der Waals surface area contributed by atoms with Crippen LogP contribution in [-0.4, -0.2) is 33.5 Å². The van der Waals surface area contributed by atoms with E-state index in [1.807, 2.05) is 18.2 Å². The summed E-state index contributed by atoms with van der Waals surface area (Å²) in [6.07, 6.45) is -3.01. The van der Waals surface area contributed by atoms with Gasteiger partial charge in [-0.25, -0.2) is 0 Å². The molecule has 3 aromatic rings. The molecule has 168 valence electrons. The number of nitrogens with zero attached hydrogens (tertiary/aromatic N) is 3. The Morgan fingerprint density at radius 2 is 2.00 bits per heavy atom. The number of carbonyl (C=O) groups is 1. The molecule has 1 aromatic heterocycles. The van der Waals surface area contributed by atoms with E-state index in [1.54, 1.807) is 16.7 Å². The normalized spacial score (nSPS) is 11.3. The molecule has 0 spiro atoms. The van der Waals surface area contributed by atoms with Crippen molar-refractivity contribution in [1.29, 1.82) is 0 Å². The molecule has 0 atom stereocenters. The van der Waals surface area contributed by atoms with Crippen LogP contribution in [0, 0.1) is 0 Å². The van der Waals surface area contributed by atoms with E-state index in [4.69, 9.17) is 16.3 Å². The Morgan fingerprint density at radius 1 is 1.25 bits per heavy atom. The number of carbonyl (C=O) groups excluding carboxylic acids is 1. The quantitative estimate of drug-likeness (QED) is 0.337. The lowest BCUT2D eigenvalue weighted by Gasteiger charge is -2.15. The zero-order chi connectivity index (χ0) is 23.3. The van der Waals surface area contributed by atoms with E-state index in [2.05, 4.69) is 22.1 Å². The molecule has 2 aromatic carbocycles. The van der Waals surface area contributed by atoms with Gasteiger partial charge in [-0.1, -0.05) is 47.6 Å². The van der Waals surface area contributed by atoms with E-state index in [1.165, 1.54) is 19.2 Å². The number of amides is 1. The number of allylic oxidation sites excluding steroid dienone is 1. The Balaban J connectivity index is 1.81. The second-order valence-electron chi connectivity index (χ2n) is 6.40. The number of hydrogen-bond donors (Lipinski definition) is 1. The largest absolute Gasteiger partial charge is 0.496 e. The number of ether oxygens (including phenoxy) is 1. The van der Waals surface area contributed by atoms with Crippen LogP contribution in [0.3, 0.4) is 0 Å². The van der Waals surface area contributed by atoms with E-state index in [0.29, 0.717) is 28.8 Å². The fraction of sp³-hybridized carbons (Fsp3) is 0.190. The number of hydrogen-bond acceptors (Lipinski definition) is 5. The first-order chi connectivity index (χ1) is 15.3. The zero-order valence-electron chi connectivity index (χ0n) is 16.8. The summed E-state index contributed by atoms with van der Waals surface area (Å²) in [4.78, 5) is 12.4. The number of nitrogens with one attached hydrogen (secondary N) is 1. The molecular weight excluding hydrogens is 465 g/mol. The third kappa shape index (κ3) is 5.25. The van der Waals surface area contributed by atoms with Gasteiger partial charge in [-0.05, 0) is 24.3 Å². The molecule has 0 aliphatic heterocycles. The van der Waals surface area contributed by atoms with Gasteiger partial charge in [0.2, 0.25) is 5.91 Å². The van der Waals surface area contributed by atoms with E-state index in [-0.39, 0.29) is 10.8 Å². The Labute approximate surface area is 191 Å². The SMILES string of the molecule is C=CCn1c(SCC(=O)Nc2c(Cl)cccc2C(F)(F)F)nnc1-c1ccccc1OC. The zero-order valence-corrected chi connectivity index (χ0v) is 18.4. The van der Waals surface area contributed by atoms with Crippen LogP contribution in [0.4, 0.5) is 18.9 Å². The van der Waals surface area contributed by atoms with Gasteiger partial charge in [-0.3, -0.25) is 9.36 Å². The molecule has 0 saturated carbocycles. The smallest absolute Gasteiger partial charge is 0.418 e. The minimum Gasteiger partial charge on any atom is -0.496 e. The minimum atomic E-state index is -4.66. The highest BCUT2D eigenvalue weighted by molar-refractivity contribution is 7.99. The van der Waals surface area contributed by atoms with Gasteiger partial charge < -0.3 is 10.1 Å². The van der Waals surface area contributed by atoms with Crippen molar-refractivity contribution in [3.05, 3.63) is 65.7 Å². The van der Waals surface area contributed by atoms with Crippen LogP contribution in [0.25, 0.3) is 11.4 Å². The molecule has 1 heterocycles. The lowest BCUT2D eigenvalue weighted by Crippen LogP contribution is -2.19. The fourth-order valence-electron chi connectivity index (χ4n) is 2.91. The number of benzene rings is 2. The summed E-state index contributed by atoms with van der Waals surface area (Å²) in [5.74, 6) is 0.234. The van der Waals surface area contributed by atoms with Crippen molar-refractivity contribution in [1.82, 2.24) is 14.8 Å². The first-order valence-corrected chi connectivity index (χ1v) is 10.6. The molecule has 11 heteroatoms. The number of methoxy groups -OCH3 is 1. The molecule has 1 N–H and O–H groups in total. The van der Waals surface area contributed by atoms with Gasteiger partial charge in [0.15, 0.2) is 11.0 Å². The molecule has 1 amide bonds. The van der Waals surface area contributed by atoms with E-state index >= 15 is 0 Å². The van der Waals surface area contributed by atoms with Crippen molar-refractivity contribution in [3.8, 4) is 17.1 Å².